The van der Waals surface area contributed by atoms with Gasteiger partial charge in [0.1, 0.15) is 10.1 Å². The first-order valence-corrected chi connectivity index (χ1v) is 7.30. The average Bonchev–Trinajstić information content (AvgIpc) is 2.35. The summed E-state index contributed by atoms with van der Waals surface area (Å²) >= 11 is 0. The summed E-state index contributed by atoms with van der Waals surface area (Å²) in [6.45, 7) is -0.874. The van der Waals surface area contributed by atoms with Crippen molar-refractivity contribution in [2.24, 2.45) is 0 Å². The van der Waals surface area contributed by atoms with E-state index in [0.29, 0.717) is 0 Å². The van der Waals surface area contributed by atoms with Crippen LogP contribution in [0.4, 0.5) is 22.0 Å². The van der Waals surface area contributed by atoms with Crippen LogP contribution in [0.3, 0.4) is 0 Å². The van der Waals surface area contributed by atoms with Crippen LogP contribution >= 0.6 is 0 Å². The maximum atomic E-state index is 13.3. The van der Waals surface area contributed by atoms with Crippen LogP contribution < -0.4 is 4.74 Å². The molecule has 0 bridgehead atoms. The molecule has 6 nitrogen and oxygen atoms in total. The molecule has 130 valence electrons. The number of halogens is 5. The van der Waals surface area contributed by atoms with Crippen LogP contribution in [0.5, 0.6) is 5.75 Å². The van der Waals surface area contributed by atoms with Crippen LogP contribution in [0.15, 0.2) is 0 Å². The van der Waals surface area contributed by atoms with E-state index < -0.39 is 67.8 Å². The third-order valence-corrected chi connectivity index (χ3v) is 3.47. The largest absolute Gasteiger partial charge is 0.744 e. The van der Waals surface area contributed by atoms with E-state index in [1.54, 1.807) is 0 Å². The molecule has 0 saturated carbocycles. The van der Waals surface area contributed by atoms with Gasteiger partial charge in [0, 0.05) is 0 Å². The number of hydrogen-bond donors (Lipinski definition) is 0. The highest BCUT2D eigenvalue weighted by Gasteiger charge is 2.31. The molecule has 0 amide bonds. The first-order chi connectivity index (χ1) is 10.2. The Morgan fingerprint density at radius 2 is 1.39 bits per heavy atom. The minimum atomic E-state index is -4.74. The minimum Gasteiger partial charge on any atom is -0.744 e. The van der Waals surface area contributed by atoms with Crippen molar-refractivity contribution in [3.63, 3.8) is 0 Å². The molecular formula is C11H10F5NO5S. The maximum Gasteiger partial charge on any atom is 0.367 e. The molecule has 0 aromatic heterocycles. The third-order valence-electron chi connectivity index (χ3n) is 2.45. The monoisotopic (exact) mass is 363 g/mol. The van der Waals surface area contributed by atoms with Crippen LogP contribution in [0.25, 0.3) is 0 Å². The second-order valence-corrected chi connectivity index (χ2v) is 6.53. The topological polar surface area (TPSA) is 83.5 Å². The van der Waals surface area contributed by atoms with Crippen molar-refractivity contribution in [2.75, 3.05) is 26.5 Å². The average molecular weight is 363 g/mol. The smallest absolute Gasteiger partial charge is 0.367 e. The zero-order chi connectivity index (χ0) is 18.2. The van der Waals surface area contributed by atoms with Crippen molar-refractivity contribution >= 4 is 16.1 Å². The van der Waals surface area contributed by atoms with Crippen LogP contribution in [0.2, 0.25) is 0 Å². The predicted octanol–water partition coefficient (Wildman–Crippen LogP) is 0.867. The number of ether oxygens (including phenoxy) is 1. The van der Waals surface area contributed by atoms with Gasteiger partial charge in [-0.1, -0.05) is 0 Å². The molecule has 23 heavy (non-hydrogen) atoms. The lowest BCUT2D eigenvalue weighted by Crippen LogP contribution is -2.48. The molecule has 0 saturated heterocycles. The number of quaternary nitrogens is 1. The lowest BCUT2D eigenvalue weighted by atomic mass is 10.2. The van der Waals surface area contributed by atoms with Gasteiger partial charge >= 0.3 is 5.97 Å². The van der Waals surface area contributed by atoms with Gasteiger partial charge < -0.3 is 13.8 Å². The first kappa shape index (κ1) is 19.3. The molecule has 0 spiro atoms. The van der Waals surface area contributed by atoms with Gasteiger partial charge in [0.2, 0.25) is 34.8 Å². The Balaban J connectivity index is 3.04. The fourth-order valence-electron chi connectivity index (χ4n) is 1.64. The van der Waals surface area contributed by atoms with Crippen molar-refractivity contribution in [1.29, 1.82) is 0 Å². The van der Waals surface area contributed by atoms with Gasteiger partial charge in [-0.15, -0.1) is 0 Å². The number of esters is 1. The molecule has 1 aromatic rings. The maximum absolute atomic E-state index is 13.3. The van der Waals surface area contributed by atoms with Gasteiger partial charge in [0.15, 0.2) is 12.4 Å². The highest BCUT2D eigenvalue weighted by molar-refractivity contribution is 7.85. The van der Waals surface area contributed by atoms with Gasteiger partial charge in [-0.3, -0.25) is 0 Å². The van der Waals surface area contributed by atoms with Crippen LogP contribution in [0.1, 0.15) is 0 Å². The van der Waals surface area contributed by atoms with Gasteiger partial charge in [0.25, 0.3) is 0 Å². The summed E-state index contributed by atoms with van der Waals surface area (Å²) in [5.41, 5.74) is 0. The molecule has 0 unspecified atom stereocenters. The van der Waals surface area contributed by atoms with E-state index in [-0.39, 0.29) is 0 Å². The van der Waals surface area contributed by atoms with Crippen LogP contribution in [-0.4, -0.2) is 49.9 Å². The Morgan fingerprint density at radius 3 is 1.78 bits per heavy atom. The Bertz CT molecular complexity index is 721. The van der Waals surface area contributed by atoms with Gasteiger partial charge in [-0.05, 0) is 0 Å². The first-order valence-electron chi connectivity index (χ1n) is 5.73. The molecule has 1 aromatic carbocycles. The Kier molecular flexibility index (Phi) is 5.34. The molecule has 0 atom stereocenters. The van der Waals surface area contributed by atoms with Crippen molar-refractivity contribution in [3.05, 3.63) is 29.1 Å². The minimum absolute atomic E-state index is 0.778. The summed E-state index contributed by atoms with van der Waals surface area (Å²) in [7, 11) is -2.53. The molecule has 0 aliphatic carbocycles. The molecule has 0 fully saturated rings. The Hall–Kier alpha value is -1.79. The van der Waals surface area contributed by atoms with Crippen molar-refractivity contribution in [2.45, 2.75) is 0 Å². The summed E-state index contributed by atoms with van der Waals surface area (Å²) in [4.78, 5) is 11.5. The molecule has 0 heterocycles. The van der Waals surface area contributed by atoms with E-state index in [0.717, 1.165) is 14.1 Å². The number of carbonyl (C=O) groups is 1. The van der Waals surface area contributed by atoms with Crippen molar-refractivity contribution < 1.29 is 48.9 Å². The zero-order valence-corrected chi connectivity index (χ0v) is 12.5. The Morgan fingerprint density at radius 1 is 1.00 bits per heavy atom. The third kappa shape index (κ3) is 4.84. The molecular weight excluding hydrogens is 353 g/mol. The number of rotatable bonds is 5. The predicted molar refractivity (Wildman–Crippen MR) is 63.4 cm³/mol. The number of hydrogen-bond acceptors (Lipinski definition) is 5. The quantitative estimate of drug-likeness (QED) is 0.147. The highest BCUT2D eigenvalue weighted by atomic mass is 32.2. The second-order valence-electron chi connectivity index (χ2n) is 5.15. The van der Waals surface area contributed by atoms with Crippen molar-refractivity contribution in [1.82, 2.24) is 0 Å². The number of carbonyl (C=O) groups excluding carboxylic acids is 1. The van der Waals surface area contributed by atoms with E-state index in [4.69, 9.17) is 0 Å². The molecule has 0 aliphatic rings. The van der Waals surface area contributed by atoms with Crippen LogP contribution in [-0.2, 0) is 14.9 Å². The molecule has 12 heteroatoms. The molecule has 0 N–H and O–H groups in total. The highest BCUT2D eigenvalue weighted by Crippen LogP contribution is 2.29. The summed E-state index contributed by atoms with van der Waals surface area (Å²) in [5, 5.41) is 0. The SMILES string of the molecule is C[N+](C)(CC(=O)Oc1c(F)c(F)c(F)c(F)c1F)CS(=O)(=O)[O-]. The number of benzene rings is 1. The van der Waals surface area contributed by atoms with Gasteiger partial charge in [-0.25, -0.2) is 26.4 Å². The normalized spacial score (nSPS) is 12.3. The zero-order valence-electron chi connectivity index (χ0n) is 11.7. The summed E-state index contributed by atoms with van der Waals surface area (Å²) in [5.74, 6) is -16.1. The summed E-state index contributed by atoms with van der Waals surface area (Å²) in [6.07, 6.45) is 0. The second kappa shape index (κ2) is 6.37. The van der Waals surface area contributed by atoms with Crippen molar-refractivity contribution in [3.8, 4) is 5.75 Å². The lowest BCUT2D eigenvalue weighted by molar-refractivity contribution is -0.871. The standard InChI is InChI=1S/C11H10F5NO5S/c1-17(2,4-23(19,20)21)3-5(18)22-11-9(15)7(13)6(12)8(14)10(11)16/h3-4H2,1-2H3. The van der Waals surface area contributed by atoms with E-state index in [1.165, 1.54) is 0 Å². The summed E-state index contributed by atoms with van der Waals surface area (Å²) in [6, 6.07) is 0. The number of nitrogens with zero attached hydrogens (tertiary/aromatic N) is 1. The van der Waals surface area contributed by atoms with E-state index in [1.807, 2.05) is 0 Å². The van der Waals surface area contributed by atoms with Crippen LogP contribution in [0, 0.1) is 29.1 Å². The van der Waals surface area contributed by atoms with E-state index in [9.17, 15) is 39.7 Å². The van der Waals surface area contributed by atoms with E-state index >= 15 is 0 Å². The summed E-state index contributed by atoms with van der Waals surface area (Å²) < 4.78 is 101. The van der Waals surface area contributed by atoms with E-state index in [2.05, 4.69) is 4.74 Å². The molecule has 1 rings (SSSR count). The Labute approximate surface area is 127 Å². The van der Waals surface area contributed by atoms with Gasteiger partial charge in [-0.2, -0.15) is 8.78 Å². The molecule has 0 aliphatic heterocycles. The van der Waals surface area contributed by atoms with Gasteiger partial charge in [0.05, 0.1) is 14.1 Å². The lowest BCUT2D eigenvalue weighted by Gasteiger charge is -2.29. The molecule has 0 radical (unpaired) electrons. The fourth-order valence-corrected chi connectivity index (χ4v) is 2.59. The fraction of sp³-hybridized carbons (Fsp3) is 0.364. The number of likely N-dealkylation sites (N-methyl/N-ethyl adjacent to an activating group) is 1.